The summed E-state index contributed by atoms with van der Waals surface area (Å²) in [4.78, 5) is 27.0. The van der Waals surface area contributed by atoms with Crippen molar-refractivity contribution in [3.05, 3.63) is 69.2 Å². The van der Waals surface area contributed by atoms with Crippen LogP contribution >= 0.6 is 15.9 Å². The van der Waals surface area contributed by atoms with Gasteiger partial charge in [-0.1, -0.05) is 28.1 Å². The molecule has 29 heavy (non-hydrogen) atoms. The molecule has 0 aliphatic carbocycles. The Balaban J connectivity index is 2.15. The minimum absolute atomic E-state index is 0.0676. The van der Waals surface area contributed by atoms with Crippen LogP contribution in [-0.4, -0.2) is 49.1 Å². The molecule has 1 aliphatic rings. The predicted octanol–water partition coefficient (Wildman–Crippen LogP) is 3.83. The Morgan fingerprint density at radius 1 is 1.14 bits per heavy atom. The van der Waals surface area contributed by atoms with Gasteiger partial charge in [0.05, 0.1) is 25.3 Å². The lowest BCUT2D eigenvalue weighted by atomic mass is 9.95. The molecule has 1 amide bonds. The smallest absolute Gasteiger partial charge is 0.295 e. The highest BCUT2D eigenvalue weighted by Gasteiger charge is 2.45. The number of nitrogens with zero attached hydrogens (tertiary/aromatic N) is 1. The third-order valence-electron chi connectivity index (χ3n) is 4.93. The van der Waals surface area contributed by atoms with Crippen LogP contribution in [0.25, 0.3) is 5.76 Å². The molecule has 1 fully saturated rings. The average Bonchev–Trinajstić information content (AvgIpc) is 2.96. The molecule has 2 aromatic rings. The summed E-state index contributed by atoms with van der Waals surface area (Å²) < 4.78 is 11.2. The lowest BCUT2D eigenvalue weighted by Crippen LogP contribution is -2.32. The molecular formula is C22H22BrNO5. The summed E-state index contributed by atoms with van der Waals surface area (Å²) in [6.07, 6.45) is 0. The van der Waals surface area contributed by atoms with Gasteiger partial charge in [0.2, 0.25) is 0 Å². The number of ether oxygens (including phenoxy) is 2. The topological polar surface area (TPSA) is 76.1 Å². The highest BCUT2D eigenvalue weighted by Crippen LogP contribution is 2.40. The van der Waals surface area contributed by atoms with Crippen molar-refractivity contribution in [2.75, 3.05) is 27.4 Å². The van der Waals surface area contributed by atoms with Gasteiger partial charge < -0.3 is 19.5 Å². The molecule has 1 heterocycles. The molecule has 6 nitrogen and oxygen atoms in total. The Bertz CT molecular complexity index is 968. The second-order valence-electron chi connectivity index (χ2n) is 6.72. The normalized spacial score (nSPS) is 18.3. The summed E-state index contributed by atoms with van der Waals surface area (Å²) in [5.41, 5.74) is 2.06. The number of ketones is 1. The summed E-state index contributed by atoms with van der Waals surface area (Å²) in [7, 11) is 3.10. The maximum Gasteiger partial charge on any atom is 0.295 e. The molecule has 1 aliphatic heterocycles. The molecule has 0 bridgehead atoms. The molecule has 3 rings (SSSR count). The fraction of sp³-hybridized carbons (Fsp3) is 0.273. The molecule has 0 aromatic heterocycles. The number of aliphatic hydroxyl groups excluding tert-OH is 1. The molecule has 0 spiro atoms. The first-order chi connectivity index (χ1) is 13.9. The quantitative estimate of drug-likeness (QED) is 0.403. The fourth-order valence-corrected chi connectivity index (χ4v) is 3.74. The summed E-state index contributed by atoms with van der Waals surface area (Å²) in [5, 5.41) is 11.0. The third-order valence-corrected chi connectivity index (χ3v) is 5.46. The number of amides is 1. The molecule has 152 valence electrons. The third kappa shape index (κ3) is 4.06. The van der Waals surface area contributed by atoms with Gasteiger partial charge >= 0.3 is 0 Å². The average molecular weight is 460 g/mol. The van der Waals surface area contributed by atoms with Crippen LogP contribution in [0.5, 0.6) is 5.75 Å². The van der Waals surface area contributed by atoms with E-state index in [4.69, 9.17) is 9.47 Å². The van der Waals surface area contributed by atoms with Gasteiger partial charge in [0.15, 0.2) is 0 Å². The molecule has 1 N–H and O–H groups in total. The van der Waals surface area contributed by atoms with E-state index in [1.54, 1.807) is 25.3 Å². The van der Waals surface area contributed by atoms with Gasteiger partial charge in [-0.3, -0.25) is 9.59 Å². The maximum absolute atomic E-state index is 12.9. The zero-order chi connectivity index (χ0) is 21.1. The minimum atomic E-state index is -0.708. The summed E-state index contributed by atoms with van der Waals surface area (Å²) >= 11 is 3.40. The molecule has 0 unspecified atom stereocenters. The number of hydrogen-bond acceptors (Lipinski definition) is 5. The first kappa shape index (κ1) is 21.1. The molecule has 1 saturated heterocycles. The number of rotatable bonds is 6. The van der Waals surface area contributed by atoms with Crippen molar-refractivity contribution in [1.82, 2.24) is 4.90 Å². The number of Topliss-reactive ketones (excluding diaryl/α,β-unsaturated/α-hetero) is 1. The van der Waals surface area contributed by atoms with E-state index in [0.29, 0.717) is 11.3 Å². The van der Waals surface area contributed by atoms with Gasteiger partial charge in [-0.2, -0.15) is 0 Å². The first-order valence-electron chi connectivity index (χ1n) is 9.06. The highest BCUT2D eigenvalue weighted by atomic mass is 79.9. The Hall–Kier alpha value is -2.64. The van der Waals surface area contributed by atoms with E-state index in [9.17, 15) is 14.7 Å². The van der Waals surface area contributed by atoms with Crippen LogP contribution in [0, 0.1) is 6.92 Å². The van der Waals surface area contributed by atoms with Crippen molar-refractivity contribution in [3.63, 3.8) is 0 Å². The number of aryl methyl sites for hydroxylation is 1. The van der Waals surface area contributed by atoms with Crippen LogP contribution in [-0.2, 0) is 14.3 Å². The van der Waals surface area contributed by atoms with Gasteiger partial charge in [0, 0.05) is 23.7 Å². The summed E-state index contributed by atoms with van der Waals surface area (Å²) in [5.74, 6) is -0.893. The second-order valence-corrected chi connectivity index (χ2v) is 7.64. The van der Waals surface area contributed by atoms with Gasteiger partial charge in [-0.15, -0.1) is 0 Å². The second kappa shape index (κ2) is 8.80. The van der Waals surface area contributed by atoms with E-state index in [1.165, 1.54) is 12.0 Å². The van der Waals surface area contributed by atoms with Crippen LogP contribution in [0.4, 0.5) is 0 Å². The summed E-state index contributed by atoms with van der Waals surface area (Å²) in [6.45, 7) is 2.36. The van der Waals surface area contributed by atoms with E-state index >= 15 is 0 Å². The van der Waals surface area contributed by atoms with Crippen molar-refractivity contribution in [3.8, 4) is 5.75 Å². The van der Waals surface area contributed by atoms with E-state index in [0.717, 1.165) is 15.6 Å². The number of aliphatic hydroxyl groups is 1. The zero-order valence-electron chi connectivity index (χ0n) is 16.4. The van der Waals surface area contributed by atoms with E-state index in [1.807, 2.05) is 31.2 Å². The largest absolute Gasteiger partial charge is 0.507 e. The molecule has 7 heteroatoms. The fourth-order valence-electron chi connectivity index (χ4n) is 3.47. The van der Waals surface area contributed by atoms with Crippen LogP contribution in [0.3, 0.4) is 0 Å². The maximum atomic E-state index is 12.9. The minimum Gasteiger partial charge on any atom is -0.507 e. The van der Waals surface area contributed by atoms with Crippen molar-refractivity contribution >= 4 is 33.4 Å². The number of halogens is 1. The van der Waals surface area contributed by atoms with Gasteiger partial charge in [0.1, 0.15) is 11.5 Å². The van der Waals surface area contributed by atoms with E-state index in [2.05, 4.69) is 15.9 Å². The van der Waals surface area contributed by atoms with Crippen molar-refractivity contribution in [2.45, 2.75) is 13.0 Å². The number of carbonyl (C=O) groups is 2. The molecule has 0 radical (unpaired) electrons. The Morgan fingerprint density at radius 2 is 1.83 bits per heavy atom. The van der Waals surface area contributed by atoms with Gasteiger partial charge in [0.25, 0.3) is 11.7 Å². The SMILES string of the molecule is COCCN1C(=O)C(=O)C(=C(O)c2ccc(OC)c(C)c2)[C@@H]1c1ccc(Br)cc1. The van der Waals surface area contributed by atoms with Crippen LogP contribution in [0.15, 0.2) is 52.5 Å². The molecule has 2 aromatic carbocycles. The first-order valence-corrected chi connectivity index (χ1v) is 9.86. The van der Waals surface area contributed by atoms with Gasteiger partial charge in [-0.05, 0) is 48.4 Å². The molecule has 1 atom stereocenters. The monoisotopic (exact) mass is 459 g/mol. The van der Waals surface area contributed by atoms with E-state index < -0.39 is 17.7 Å². The number of benzene rings is 2. The predicted molar refractivity (Wildman–Crippen MR) is 113 cm³/mol. The Kier molecular flexibility index (Phi) is 6.39. The van der Waals surface area contributed by atoms with Crippen LogP contribution < -0.4 is 4.74 Å². The number of hydrogen-bond donors (Lipinski definition) is 1. The van der Waals surface area contributed by atoms with Crippen molar-refractivity contribution in [1.29, 1.82) is 0 Å². The molecular weight excluding hydrogens is 438 g/mol. The van der Waals surface area contributed by atoms with Crippen LogP contribution in [0.1, 0.15) is 22.7 Å². The Labute approximate surface area is 177 Å². The van der Waals surface area contributed by atoms with Crippen molar-refractivity contribution in [2.24, 2.45) is 0 Å². The Morgan fingerprint density at radius 3 is 2.41 bits per heavy atom. The number of likely N-dealkylation sites (tertiary alicyclic amines) is 1. The van der Waals surface area contributed by atoms with E-state index in [-0.39, 0.29) is 24.5 Å². The van der Waals surface area contributed by atoms with Crippen molar-refractivity contribution < 1.29 is 24.2 Å². The lowest BCUT2D eigenvalue weighted by molar-refractivity contribution is -0.140. The van der Waals surface area contributed by atoms with Crippen LogP contribution in [0.2, 0.25) is 0 Å². The standard InChI is InChI=1S/C22H22BrNO5/c1-13-12-15(6-9-17(13)29-3)20(25)18-19(14-4-7-16(23)8-5-14)24(10-11-28-2)22(27)21(18)26/h4-9,12,19,25H,10-11H2,1-3H3/t19-/m0/s1. The zero-order valence-corrected chi connectivity index (χ0v) is 18.0. The van der Waals surface area contributed by atoms with Gasteiger partial charge in [-0.25, -0.2) is 0 Å². The molecule has 0 saturated carbocycles. The lowest BCUT2D eigenvalue weighted by Gasteiger charge is -2.25. The highest BCUT2D eigenvalue weighted by molar-refractivity contribution is 9.10. The summed E-state index contributed by atoms with van der Waals surface area (Å²) in [6, 6.07) is 11.8. The number of methoxy groups -OCH3 is 2. The number of carbonyl (C=O) groups excluding carboxylic acids is 2.